The van der Waals surface area contributed by atoms with Crippen LogP contribution in [0.15, 0.2) is 24.3 Å². The van der Waals surface area contributed by atoms with E-state index in [1.165, 1.54) is 33.1 Å². The molecule has 132 valence electrons. The summed E-state index contributed by atoms with van der Waals surface area (Å²) in [5.41, 5.74) is -0.466. The minimum atomic E-state index is -4.46. The molecule has 0 aliphatic carbocycles. The summed E-state index contributed by atoms with van der Waals surface area (Å²) in [5.74, 6) is -1.14. The van der Waals surface area contributed by atoms with Gasteiger partial charge in [-0.05, 0) is 45.7 Å². The van der Waals surface area contributed by atoms with Crippen LogP contribution in [-0.4, -0.2) is 37.8 Å². The number of carbonyl (C=O) groups is 2. The van der Waals surface area contributed by atoms with Crippen LogP contribution < -0.4 is 4.18 Å². The molecule has 0 radical (unpaired) electrons. The van der Waals surface area contributed by atoms with Crippen molar-refractivity contribution in [2.45, 2.75) is 39.8 Å². The highest BCUT2D eigenvalue weighted by atomic mass is 32.2. The molecule has 1 aromatic rings. The van der Waals surface area contributed by atoms with Gasteiger partial charge in [-0.15, -0.1) is 0 Å². The topological polar surface area (TPSA) is 90.0 Å². The first kappa shape index (κ1) is 18.4. The average molecular weight is 355 g/mol. The second-order valence-electron chi connectivity index (χ2n) is 6.07. The lowest BCUT2D eigenvalue weighted by Gasteiger charge is -2.40. The Hall–Kier alpha value is -1.93. The number of Topliss-reactive ketones (excluding diaryl/α,β-unsaturated/α-hetero) is 1. The molecule has 0 spiro atoms. The number of piperidine rings is 1. The van der Waals surface area contributed by atoms with Gasteiger partial charge in [-0.1, -0.05) is 17.7 Å². The van der Waals surface area contributed by atoms with Crippen molar-refractivity contribution < 1.29 is 26.9 Å². The quantitative estimate of drug-likeness (QED) is 0.748. The predicted molar refractivity (Wildman–Crippen MR) is 86.4 cm³/mol. The number of nitrogens with zero attached hydrogens (tertiary/aromatic N) is 1. The number of aryl methyl sites for hydroxylation is 1. The largest absolute Gasteiger partial charge is 0.414 e. The molecular formula is C16H21NO6S. The van der Waals surface area contributed by atoms with Crippen LogP contribution in [-0.2, 0) is 24.6 Å². The van der Waals surface area contributed by atoms with Gasteiger partial charge in [0.1, 0.15) is 23.2 Å². The third-order valence-electron chi connectivity index (χ3n) is 4.34. The Morgan fingerprint density at radius 3 is 2.38 bits per heavy atom. The molecule has 1 heterocycles. The maximum Gasteiger partial charge on any atom is 0.414 e. The number of amides is 1. The molecule has 0 saturated carbocycles. The van der Waals surface area contributed by atoms with Crippen molar-refractivity contribution in [3.05, 3.63) is 29.8 Å². The summed E-state index contributed by atoms with van der Waals surface area (Å²) < 4.78 is 36.0. The fourth-order valence-electron chi connectivity index (χ4n) is 2.55. The van der Waals surface area contributed by atoms with Gasteiger partial charge in [-0.25, -0.2) is 0 Å². The number of hydrogen-bond donors (Lipinski definition) is 0. The van der Waals surface area contributed by atoms with E-state index in [9.17, 15) is 18.0 Å². The van der Waals surface area contributed by atoms with E-state index in [0.717, 1.165) is 5.56 Å². The van der Waals surface area contributed by atoms with Crippen molar-refractivity contribution >= 4 is 22.0 Å². The Labute approximate surface area is 141 Å². The fraction of sp³-hybridized carbons (Fsp3) is 0.500. The number of rotatable bonds is 5. The van der Waals surface area contributed by atoms with Gasteiger partial charge in [0.05, 0.1) is 0 Å². The lowest BCUT2D eigenvalue weighted by atomic mass is 9.78. The Morgan fingerprint density at radius 1 is 1.29 bits per heavy atom. The zero-order valence-corrected chi connectivity index (χ0v) is 14.9. The summed E-state index contributed by atoms with van der Waals surface area (Å²) in [4.78, 5) is 24.6. The van der Waals surface area contributed by atoms with Gasteiger partial charge in [0.15, 0.2) is 0 Å². The van der Waals surface area contributed by atoms with Gasteiger partial charge in [-0.2, -0.15) is 12.7 Å². The van der Waals surface area contributed by atoms with E-state index in [1.807, 2.05) is 6.92 Å². The Kier molecular flexibility index (Phi) is 5.00. The minimum absolute atomic E-state index is 0.0818. The molecule has 1 amide bonds. The van der Waals surface area contributed by atoms with Gasteiger partial charge in [0.2, 0.25) is 0 Å². The molecule has 0 N–H and O–H groups in total. The van der Waals surface area contributed by atoms with Crippen molar-refractivity contribution in [3.8, 4) is 5.75 Å². The van der Waals surface area contributed by atoms with Crippen LogP contribution in [0.5, 0.6) is 5.75 Å². The number of benzene rings is 1. The summed E-state index contributed by atoms with van der Waals surface area (Å²) in [6, 6.07) is 6.37. The van der Waals surface area contributed by atoms with E-state index in [0.29, 0.717) is 4.31 Å². The highest BCUT2D eigenvalue weighted by Crippen LogP contribution is 2.37. The number of hydrogen-bond acceptors (Lipinski definition) is 6. The molecule has 2 rings (SSSR count). The maximum atomic E-state index is 12.7. The van der Waals surface area contributed by atoms with Crippen LogP contribution in [0.2, 0.25) is 0 Å². The number of ether oxygens (including phenoxy) is 1. The SMILES string of the molecule is CO[C@@H]1CC[C@@](C)(C(C)=O)C(=O)N1S(=O)(=O)Oc1ccc(C)cc1. The van der Waals surface area contributed by atoms with Crippen LogP contribution in [0.1, 0.15) is 32.3 Å². The van der Waals surface area contributed by atoms with Crippen molar-refractivity contribution in [2.75, 3.05) is 7.11 Å². The summed E-state index contributed by atoms with van der Waals surface area (Å²) in [5, 5.41) is 0. The van der Waals surface area contributed by atoms with Crippen LogP contribution in [0.25, 0.3) is 0 Å². The highest BCUT2D eigenvalue weighted by Gasteiger charge is 2.52. The van der Waals surface area contributed by atoms with Crippen LogP contribution in [0.3, 0.4) is 0 Å². The molecular weight excluding hydrogens is 334 g/mol. The third kappa shape index (κ3) is 3.29. The zero-order chi connectivity index (χ0) is 18.1. The van der Waals surface area contributed by atoms with Gasteiger partial charge in [0.25, 0.3) is 5.91 Å². The molecule has 1 aliphatic rings. The van der Waals surface area contributed by atoms with Crippen molar-refractivity contribution in [3.63, 3.8) is 0 Å². The monoisotopic (exact) mass is 355 g/mol. The van der Waals surface area contributed by atoms with Gasteiger partial charge < -0.3 is 8.92 Å². The fourth-order valence-corrected chi connectivity index (χ4v) is 3.87. The summed E-state index contributed by atoms with van der Waals surface area (Å²) in [7, 11) is -3.15. The van der Waals surface area contributed by atoms with Crippen molar-refractivity contribution in [2.24, 2.45) is 5.41 Å². The standard InChI is InChI=1S/C16H21NO6S/c1-11-5-7-13(8-6-11)23-24(20,21)17-14(22-4)9-10-16(3,12(2)18)15(17)19/h5-8,14H,9-10H2,1-4H3/t14-,16+/m1/s1. The molecule has 1 saturated heterocycles. The lowest BCUT2D eigenvalue weighted by Crippen LogP contribution is -2.58. The average Bonchev–Trinajstić information content (AvgIpc) is 2.51. The van der Waals surface area contributed by atoms with Crippen LogP contribution >= 0.6 is 0 Å². The molecule has 0 aromatic heterocycles. The van der Waals surface area contributed by atoms with Gasteiger partial charge in [0, 0.05) is 7.11 Å². The smallest absolute Gasteiger partial charge is 0.367 e. The summed E-state index contributed by atoms with van der Waals surface area (Å²) in [6.07, 6.45) is -0.564. The molecule has 0 unspecified atom stereocenters. The van der Waals surface area contributed by atoms with Gasteiger partial charge >= 0.3 is 10.3 Å². The number of carbonyl (C=O) groups excluding carboxylic acids is 2. The first-order chi connectivity index (χ1) is 11.1. The molecule has 1 aromatic carbocycles. The first-order valence-electron chi connectivity index (χ1n) is 7.50. The molecule has 1 fully saturated rings. The number of methoxy groups -OCH3 is 1. The Bertz CT molecular complexity index is 742. The molecule has 24 heavy (non-hydrogen) atoms. The summed E-state index contributed by atoms with van der Waals surface area (Å²) >= 11 is 0. The molecule has 7 nitrogen and oxygen atoms in total. The van der Waals surface area contributed by atoms with Gasteiger partial charge in [-0.3, -0.25) is 9.59 Å². The third-order valence-corrected chi connectivity index (χ3v) is 5.62. The highest BCUT2D eigenvalue weighted by molar-refractivity contribution is 7.85. The predicted octanol–water partition coefficient (Wildman–Crippen LogP) is 1.81. The zero-order valence-electron chi connectivity index (χ0n) is 14.1. The normalized spacial score (nSPS) is 24.8. The van der Waals surface area contributed by atoms with Crippen LogP contribution in [0.4, 0.5) is 0 Å². The number of ketones is 1. The van der Waals surface area contributed by atoms with Crippen LogP contribution in [0, 0.1) is 12.3 Å². The van der Waals surface area contributed by atoms with Crippen molar-refractivity contribution in [1.82, 2.24) is 4.31 Å². The van der Waals surface area contributed by atoms with E-state index in [1.54, 1.807) is 12.1 Å². The van der Waals surface area contributed by atoms with E-state index in [2.05, 4.69) is 0 Å². The Morgan fingerprint density at radius 2 is 1.88 bits per heavy atom. The van der Waals surface area contributed by atoms with E-state index >= 15 is 0 Å². The lowest BCUT2D eigenvalue weighted by molar-refractivity contribution is -0.158. The van der Waals surface area contributed by atoms with Crippen molar-refractivity contribution in [1.29, 1.82) is 0 Å². The molecule has 2 atom stereocenters. The minimum Gasteiger partial charge on any atom is -0.367 e. The first-order valence-corrected chi connectivity index (χ1v) is 8.87. The molecule has 0 bridgehead atoms. The van der Waals surface area contributed by atoms with E-state index < -0.39 is 33.6 Å². The molecule has 1 aliphatic heterocycles. The van der Waals surface area contributed by atoms with E-state index in [4.69, 9.17) is 8.92 Å². The maximum absolute atomic E-state index is 12.7. The summed E-state index contributed by atoms with van der Waals surface area (Å²) in [6.45, 7) is 4.57. The molecule has 8 heteroatoms. The Balaban J connectivity index is 2.38. The van der Waals surface area contributed by atoms with E-state index in [-0.39, 0.29) is 18.6 Å². The second-order valence-corrected chi connectivity index (χ2v) is 7.49. The second kappa shape index (κ2) is 6.52.